The molecule has 6 nitrogen and oxygen atoms in total. The molecule has 1 saturated heterocycles. The summed E-state index contributed by atoms with van der Waals surface area (Å²) in [6.07, 6.45) is 6.07. The maximum Gasteiger partial charge on any atom is 0.318 e. The van der Waals surface area contributed by atoms with Gasteiger partial charge in [0.25, 0.3) is 5.69 Å². The van der Waals surface area contributed by atoms with Crippen molar-refractivity contribution in [2.45, 2.75) is 6.42 Å². The SMILES string of the molecule is C=C[C@@H]1C[C@H](/C=C/c2ccc([N+](=O)[O-])cc2)[C@@H]2C(=O)OC(=O)[C@@H]21. The minimum atomic E-state index is -0.470. The van der Waals surface area contributed by atoms with Gasteiger partial charge >= 0.3 is 11.9 Å². The van der Waals surface area contributed by atoms with Crippen LogP contribution in [0.1, 0.15) is 12.0 Å². The first-order chi connectivity index (χ1) is 11.0. The third kappa shape index (κ3) is 2.67. The maximum absolute atomic E-state index is 11.9. The fourth-order valence-corrected chi connectivity index (χ4v) is 3.40. The van der Waals surface area contributed by atoms with Crippen LogP contribution in [-0.2, 0) is 14.3 Å². The Morgan fingerprint density at radius 3 is 2.30 bits per heavy atom. The zero-order valence-corrected chi connectivity index (χ0v) is 12.3. The number of hydrogen-bond acceptors (Lipinski definition) is 5. The molecule has 0 N–H and O–H groups in total. The average molecular weight is 313 g/mol. The first kappa shape index (κ1) is 15.1. The quantitative estimate of drug-likeness (QED) is 0.280. The summed E-state index contributed by atoms with van der Waals surface area (Å²) < 4.78 is 4.75. The number of rotatable bonds is 4. The van der Waals surface area contributed by atoms with Gasteiger partial charge in [0.2, 0.25) is 0 Å². The van der Waals surface area contributed by atoms with E-state index in [4.69, 9.17) is 4.74 Å². The number of fused-ring (bicyclic) bond motifs is 1. The monoisotopic (exact) mass is 313 g/mol. The van der Waals surface area contributed by atoms with Crippen LogP contribution in [0.2, 0.25) is 0 Å². The predicted octanol–water partition coefficient (Wildman–Crippen LogP) is 2.75. The molecule has 0 aromatic heterocycles. The molecule has 6 heteroatoms. The van der Waals surface area contributed by atoms with Crippen molar-refractivity contribution in [1.29, 1.82) is 0 Å². The van der Waals surface area contributed by atoms with E-state index in [1.807, 2.05) is 12.2 Å². The molecule has 1 aliphatic heterocycles. The highest BCUT2D eigenvalue weighted by Gasteiger charge is 2.55. The van der Waals surface area contributed by atoms with E-state index in [1.54, 1.807) is 18.2 Å². The second kappa shape index (κ2) is 5.79. The molecule has 0 bridgehead atoms. The van der Waals surface area contributed by atoms with E-state index in [1.165, 1.54) is 12.1 Å². The van der Waals surface area contributed by atoms with Gasteiger partial charge in [0.05, 0.1) is 16.8 Å². The number of nitrogens with zero attached hydrogens (tertiary/aromatic N) is 1. The second-order valence-electron chi connectivity index (χ2n) is 5.80. The van der Waals surface area contributed by atoms with E-state index in [0.717, 1.165) is 5.56 Å². The molecule has 23 heavy (non-hydrogen) atoms. The van der Waals surface area contributed by atoms with Gasteiger partial charge in [-0.1, -0.05) is 18.2 Å². The van der Waals surface area contributed by atoms with Crippen LogP contribution in [-0.4, -0.2) is 16.9 Å². The van der Waals surface area contributed by atoms with Crippen LogP contribution in [0.5, 0.6) is 0 Å². The minimum absolute atomic E-state index is 0.0276. The molecule has 0 spiro atoms. The summed E-state index contributed by atoms with van der Waals surface area (Å²) in [7, 11) is 0. The van der Waals surface area contributed by atoms with Crippen LogP contribution in [0.15, 0.2) is 43.0 Å². The number of hydrogen-bond donors (Lipinski definition) is 0. The predicted molar refractivity (Wildman–Crippen MR) is 82.0 cm³/mol. The van der Waals surface area contributed by atoms with Gasteiger partial charge in [0, 0.05) is 12.1 Å². The standard InChI is InChI=1S/C17H15NO5/c1-2-11-9-12(15-14(11)16(19)23-17(15)20)6-3-10-4-7-13(8-5-10)18(21)22/h2-8,11-12,14-15H,1,9H2/b6-3+/t11-,12+,14-,15+/m1/s1. The Labute approximate surface area is 132 Å². The lowest BCUT2D eigenvalue weighted by atomic mass is 9.89. The van der Waals surface area contributed by atoms with E-state index in [2.05, 4.69) is 6.58 Å². The number of ether oxygens (including phenoxy) is 1. The van der Waals surface area contributed by atoms with Gasteiger partial charge < -0.3 is 4.74 Å². The topological polar surface area (TPSA) is 86.5 Å². The Bertz CT molecular complexity index is 706. The van der Waals surface area contributed by atoms with Crippen molar-refractivity contribution >= 4 is 23.7 Å². The van der Waals surface area contributed by atoms with E-state index in [-0.39, 0.29) is 17.5 Å². The van der Waals surface area contributed by atoms with E-state index in [0.29, 0.717) is 6.42 Å². The second-order valence-corrected chi connectivity index (χ2v) is 5.80. The first-order valence-corrected chi connectivity index (χ1v) is 7.32. The van der Waals surface area contributed by atoms with Gasteiger partial charge in [-0.05, 0) is 36.0 Å². The summed E-state index contributed by atoms with van der Waals surface area (Å²) in [5.41, 5.74) is 0.826. The molecule has 1 aromatic rings. The molecule has 0 unspecified atom stereocenters. The molecule has 0 amide bonds. The summed E-state index contributed by atoms with van der Waals surface area (Å²) in [5.74, 6) is -1.99. The first-order valence-electron chi connectivity index (χ1n) is 7.32. The largest absolute Gasteiger partial charge is 0.393 e. The van der Waals surface area contributed by atoms with Crippen LogP contribution in [0.3, 0.4) is 0 Å². The highest BCUT2D eigenvalue weighted by molar-refractivity contribution is 5.97. The van der Waals surface area contributed by atoms with Gasteiger partial charge in [-0.3, -0.25) is 19.7 Å². The molecule has 2 aliphatic rings. The number of carbonyl (C=O) groups excluding carboxylic acids is 2. The Morgan fingerprint density at radius 2 is 1.74 bits per heavy atom. The number of allylic oxidation sites excluding steroid dienone is 2. The lowest BCUT2D eigenvalue weighted by molar-refractivity contribution is -0.384. The van der Waals surface area contributed by atoms with E-state index < -0.39 is 28.7 Å². The zero-order chi connectivity index (χ0) is 16.6. The van der Waals surface area contributed by atoms with Crippen molar-refractivity contribution in [2.24, 2.45) is 23.7 Å². The average Bonchev–Trinajstić information content (AvgIpc) is 3.05. The number of carbonyl (C=O) groups is 2. The van der Waals surface area contributed by atoms with E-state index >= 15 is 0 Å². The fourth-order valence-electron chi connectivity index (χ4n) is 3.40. The van der Waals surface area contributed by atoms with Gasteiger partial charge in [-0.25, -0.2) is 0 Å². The molecule has 118 valence electrons. The third-order valence-corrected chi connectivity index (χ3v) is 4.54. The minimum Gasteiger partial charge on any atom is -0.393 e. The Balaban J connectivity index is 1.79. The van der Waals surface area contributed by atoms with Crippen molar-refractivity contribution in [3.05, 3.63) is 58.7 Å². The van der Waals surface area contributed by atoms with Crippen LogP contribution in [0.25, 0.3) is 6.08 Å². The summed E-state index contributed by atoms with van der Waals surface area (Å²) >= 11 is 0. The number of cyclic esters (lactones) is 2. The Kier molecular flexibility index (Phi) is 3.82. The number of nitro groups is 1. The van der Waals surface area contributed by atoms with Crippen molar-refractivity contribution in [3.63, 3.8) is 0 Å². The van der Waals surface area contributed by atoms with Crippen molar-refractivity contribution < 1.29 is 19.2 Å². The lowest BCUT2D eigenvalue weighted by Crippen LogP contribution is -2.19. The molecular formula is C17H15NO5. The van der Waals surface area contributed by atoms with Crippen LogP contribution in [0, 0.1) is 33.8 Å². The van der Waals surface area contributed by atoms with Crippen LogP contribution in [0.4, 0.5) is 5.69 Å². The summed E-state index contributed by atoms with van der Waals surface area (Å²) in [6, 6.07) is 6.14. The zero-order valence-electron chi connectivity index (χ0n) is 12.3. The fraction of sp³-hybridized carbons (Fsp3) is 0.294. The van der Waals surface area contributed by atoms with Gasteiger partial charge in [-0.2, -0.15) is 0 Å². The van der Waals surface area contributed by atoms with Crippen molar-refractivity contribution in [2.75, 3.05) is 0 Å². The molecular weight excluding hydrogens is 298 g/mol. The van der Waals surface area contributed by atoms with Crippen LogP contribution >= 0.6 is 0 Å². The third-order valence-electron chi connectivity index (χ3n) is 4.54. The Morgan fingerprint density at radius 1 is 1.13 bits per heavy atom. The van der Waals surface area contributed by atoms with Crippen LogP contribution < -0.4 is 0 Å². The number of esters is 2. The smallest absolute Gasteiger partial charge is 0.318 e. The van der Waals surface area contributed by atoms with Crippen molar-refractivity contribution in [1.82, 2.24) is 0 Å². The summed E-state index contributed by atoms with van der Waals surface area (Å²) in [4.78, 5) is 33.8. The lowest BCUT2D eigenvalue weighted by Gasteiger charge is -2.08. The summed E-state index contributed by atoms with van der Waals surface area (Å²) in [6.45, 7) is 3.73. The van der Waals surface area contributed by atoms with Crippen molar-refractivity contribution in [3.8, 4) is 0 Å². The summed E-state index contributed by atoms with van der Waals surface area (Å²) in [5, 5.41) is 10.6. The molecule has 1 saturated carbocycles. The van der Waals surface area contributed by atoms with Gasteiger partial charge in [-0.15, -0.1) is 6.58 Å². The van der Waals surface area contributed by atoms with E-state index in [9.17, 15) is 19.7 Å². The maximum atomic E-state index is 11.9. The molecule has 1 heterocycles. The molecule has 1 aromatic carbocycles. The van der Waals surface area contributed by atoms with Gasteiger partial charge in [0.15, 0.2) is 0 Å². The molecule has 0 radical (unpaired) electrons. The number of nitro benzene ring substituents is 1. The normalized spacial score (nSPS) is 29.6. The molecule has 1 aliphatic carbocycles. The molecule has 4 atom stereocenters. The highest BCUT2D eigenvalue weighted by atomic mass is 16.6. The number of benzene rings is 1. The molecule has 3 rings (SSSR count). The molecule has 2 fully saturated rings. The Hall–Kier alpha value is -2.76. The highest BCUT2D eigenvalue weighted by Crippen LogP contribution is 2.47. The number of non-ortho nitro benzene ring substituents is 1. The van der Waals surface area contributed by atoms with Gasteiger partial charge in [0.1, 0.15) is 0 Å².